The molecule has 5 nitrogen and oxygen atoms in total. The first kappa shape index (κ1) is 23.3. The number of alkyl halides is 3. The first-order chi connectivity index (χ1) is 12.6. The lowest BCUT2D eigenvalue weighted by Gasteiger charge is -2.25. The van der Waals surface area contributed by atoms with Crippen molar-refractivity contribution in [3.8, 4) is 0 Å². The van der Waals surface area contributed by atoms with E-state index < -0.39 is 11.7 Å². The monoisotopic (exact) mass is 406 g/mol. The van der Waals surface area contributed by atoms with Crippen LogP contribution in [0.1, 0.15) is 17.5 Å². The summed E-state index contributed by atoms with van der Waals surface area (Å²) >= 11 is 1.29. The number of carbonyl (C=O) groups excluding carboxylic acids is 2. The summed E-state index contributed by atoms with van der Waals surface area (Å²) < 4.78 is 43.2. The van der Waals surface area contributed by atoms with Crippen molar-refractivity contribution in [2.24, 2.45) is 0 Å². The van der Waals surface area contributed by atoms with Crippen LogP contribution in [0.3, 0.4) is 0 Å². The number of rotatable bonds is 10. The molecule has 0 fully saturated rings. The number of hydrogen-bond acceptors (Lipinski definition) is 5. The molecule has 27 heavy (non-hydrogen) atoms. The zero-order chi connectivity index (χ0) is 20.4. The lowest BCUT2D eigenvalue weighted by Crippen LogP contribution is -2.36. The van der Waals surface area contributed by atoms with Crippen LogP contribution in [0.5, 0.6) is 0 Å². The highest BCUT2D eigenvalue weighted by Crippen LogP contribution is 2.29. The lowest BCUT2D eigenvalue weighted by molar-refractivity contribution is -0.138. The number of carbonyl (C=O) groups is 2. The summed E-state index contributed by atoms with van der Waals surface area (Å²) in [6.07, 6.45) is -4.22. The fourth-order valence-electron chi connectivity index (χ4n) is 2.21. The van der Waals surface area contributed by atoms with Crippen LogP contribution in [0.2, 0.25) is 0 Å². The molecule has 0 heterocycles. The van der Waals surface area contributed by atoms with Crippen LogP contribution in [0.15, 0.2) is 24.3 Å². The van der Waals surface area contributed by atoms with Crippen LogP contribution >= 0.6 is 11.8 Å². The molecule has 1 amide bonds. The van der Waals surface area contributed by atoms with Gasteiger partial charge in [0.15, 0.2) is 0 Å². The molecule has 9 heteroatoms. The molecule has 0 saturated carbocycles. The van der Waals surface area contributed by atoms with Gasteiger partial charge in [0.1, 0.15) is 0 Å². The molecule has 1 rings (SSSR count). The van der Waals surface area contributed by atoms with Crippen molar-refractivity contribution in [3.05, 3.63) is 35.4 Å². The Hall–Kier alpha value is -1.74. The molecular formula is C18H25F3N2O3S. The summed E-state index contributed by atoms with van der Waals surface area (Å²) in [6.45, 7) is 1.11. The second-order valence-corrected chi connectivity index (χ2v) is 7.30. The molecule has 0 atom stereocenters. The van der Waals surface area contributed by atoms with Crippen molar-refractivity contribution in [2.75, 3.05) is 45.8 Å². The first-order valence-corrected chi connectivity index (χ1v) is 9.52. The number of methoxy groups -OCH3 is 1. The zero-order valence-electron chi connectivity index (χ0n) is 15.7. The van der Waals surface area contributed by atoms with Gasteiger partial charge < -0.3 is 14.5 Å². The van der Waals surface area contributed by atoms with E-state index in [1.54, 1.807) is 11.0 Å². The van der Waals surface area contributed by atoms with Crippen LogP contribution in [0.4, 0.5) is 13.2 Å². The Morgan fingerprint density at radius 1 is 1.19 bits per heavy atom. The molecule has 0 aliphatic carbocycles. The van der Waals surface area contributed by atoms with Gasteiger partial charge in [-0.2, -0.15) is 13.2 Å². The maximum absolute atomic E-state index is 12.9. The predicted octanol–water partition coefficient (Wildman–Crippen LogP) is 2.89. The maximum Gasteiger partial charge on any atom is 0.416 e. The van der Waals surface area contributed by atoms with Gasteiger partial charge in [0, 0.05) is 31.8 Å². The SMILES string of the molecule is COC(=O)CSCCC(=O)N(CCN(C)C)Cc1cccc(C(F)(F)F)c1. The Morgan fingerprint density at radius 2 is 1.89 bits per heavy atom. The van der Waals surface area contributed by atoms with Gasteiger partial charge in [0.05, 0.1) is 18.4 Å². The second kappa shape index (κ2) is 11.2. The van der Waals surface area contributed by atoms with E-state index in [9.17, 15) is 22.8 Å². The van der Waals surface area contributed by atoms with E-state index in [0.717, 1.165) is 12.1 Å². The van der Waals surface area contributed by atoms with Crippen LogP contribution < -0.4 is 0 Å². The molecule has 0 aliphatic heterocycles. The van der Waals surface area contributed by atoms with Gasteiger partial charge in [-0.05, 0) is 31.8 Å². The molecule has 0 aromatic heterocycles. The van der Waals surface area contributed by atoms with Gasteiger partial charge in [-0.15, -0.1) is 11.8 Å². The van der Waals surface area contributed by atoms with Crippen molar-refractivity contribution in [3.63, 3.8) is 0 Å². The summed E-state index contributed by atoms with van der Waals surface area (Å²) in [5.74, 6) is 0.0805. The van der Waals surface area contributed by atoms with E-state index in [1.165, 1.54) is 24.9 Å². The van der Waals surface area contributed by atoms with E-state index in [4.69, 9.17) is 0 Å². The highest BCUT2D eigenvalue weighted by atomic mass is 32.2. The molecule has 0 N–H and O–H groups in total. The van der Waals surface area contributed by atoms with Gasteiger partial charge in [0.2, 0.25) is 5.91 Å². The van der Waals surface area contributed by atoms with Crippen LogP contribution in [0.25, 0.3) is 0 Å². The van der Waals surface area contributed by atoms with E-state index in [0.29, 0.717) is 24.4 Å². The number of amides is 1. The normalized spacial score (nSPS) is 11.5. The number of thioether (sulfide) groups is 1. The van der Waals surface area contributed by atoms with Crippen molar-refractivity contribution in [2.45, 2.75) is 19.1 Å². The Kier molecular flexibility index (Phi) is 9.65. The van der Waals surface area contributed by atoms with Gasteiger partial charge in [-0.3, -0.25) is 9.59 Å². The third kappa shape index (κ3) is 9.14. The number of esters is 1. The van der Waals surface area contributed by atoms with Gasteiger partial charge in [-0.25, -0.2) is 0 Å². The summed E-state index contributed by atoms with van der Waals surface area (Å²) in [7, 11) is 5.02. The molecule has 1 aromatic rings. The van der Waals surface area contributed by atoms with Gasteiger partial charge >= 0.3 is 12.1 Å². The molecule has 0 radical (unpaired) electrons. The second-order valence-electron chi connectivity index (χ2n) is 6.20. The molecule has 1 aromatic carbocycles. The largest absolute Gasteiger partial charge is 0.468 e. The predicted molar refractivity (Wildman–Crippen MR) is 99.4 cm³/mol. The van der Waals surface area contributed by atoms with Crippen molar-refractivity contribution < 1.29 is 27.5 Å². The van der Waals surface area contributed by atoms with E-state index >= 15 is 0 Å². The van der Waals surface area contributed by atoms with Crippen molar-refractivity contribution in [1.29, 1.82) is 0 Å². The smallest absolute Gasteiger partial charge is 0.416 e. The third-order valence-electron chi connectivity index (χ3n) is 3.71. The average Bonchev–Trinajstić information content (AvgIpc) is 2.61. The molecule has 0 bridgehead atoms. The Bertz CT molecular complexity index is 624. The fourth-order valence-corrected chi connectivity index (χ4v) is 2.96. The highest BCUT2D eigenvalue weighted by Gasteiger charge is 2.30. The standard InChI is InChI=1S/C18H25F3N2O3S/c1-22(2)8-9-23(16(24)7-10-27-13-17(25)26-3)12-14-5-4-6-15(11-14)18(19,20)21/h4-6,11H,7-10,12-13H2,1-3H3. The molecular weight excluding hydrogens is 381 g/mol. The first-order valence-electron chi connectivity index (χ1n) is 8.36. The Labute approximate surface area is 161 Å². The van der Waals surface area contributed by atoms with E-state index in [2.05, 4.69) is 4.74 Å². The van der Waals surface area contributed by atoms with E-state index in [-0.39, 0.29) is 30.6 Å². The Morgan fingerprint density at radius 3 is 2.48 bits per heavy atom. The number of likely N-dealkylation sites (N-methyl/N-ethyl adjacent to an activating group) is 1. The quantitative estimate of drug-likeness (QED) is 0.442. The topological polar surface area (TPSA) is 49.9 Å². The van der Waals surface area contributed by atoms with Gasteiger partial charge in [-0.1, -0.05) is 12.1 Å². The van der Waals surface area contributed by atoms with Crippen molar-refractivity contribution >= 4 is 23.6 Å². The minimum Gasteiger partial charge on any atom is -0.468 e. The highest BCUT2D eigenvalue weighted by molar-refractivity contribution is 7.99. The molecule has 0 aliphatic rings. The number of ether oxygens (including phenoxy) is 1. The lowest BCUT2D eigenvalue weighted by atomic mass is 10.1. The van der Waals surface area contributed by atoms with Crippen LogP contribution in [-0.4, -0.2) is 67.5 Å². The average molecular weight is 406 g/mol. The number of hydrogen-bond donors (Lipinski definition) is 0. The number of nitrogens with zero attached hydrogens (tertiary/aromatic N) is 2. The third-order valence-corrected chi connectivity index (χ3v) is 4.64. The summed E-state index contributed by atoms with van der Waals surface area (Å²) in [4.78, 5) is 27.0. The summed E-state index contributed by atoms with van der Waals surface area (Å²) in [5, 5.41) is 0. The van der Waals surface area contributed by atoms with Crippen molar-refractivity contribution in [1.82, 2.24) is 9.80 Å². The molecule has 0 saturated heterocycles. The van der Waals surface area contributed by atoms with Gasteiger partial charge in [0.25, 0.3) is 0 Å². The molecule has 0 unspecified atom stereocenters. The zero-order valence-corrected chi connectivity index (χ0v) is 16.5. The van der Waals surface area contributed by atoms with Crippen LogP contribution in [-0.2, 0) is 27.0 Å². The maximum atomic E-state index is 12.9. The minimum absolute atomic E-state index is 0.109. The summed E-state index contributed by atoms with van der Waals surface area (Å²) in [6, 6.07) is 5.01. The van der Waals surface area contributed by atoms with Crippen LogP contribution in [0, 0.1) is 0 Å². The summed E-state index contributed by atoms with van der Waals surface area (Å²) in [5.41, 5.74) is -0.298. The molecule has 0 spiro atoms. The fraction of sp³-hybridized carbons (Fsp3) is 0.556. The minimum atomic E-state index is -4.42. The number of halogens is 3. The number of benzene rings is 1. The Balaban J connectivity index is 2.73. The van der Waals surface area contributed by atoms with E-state index in [1.807, 2.05) is 19.0 Å². The molecule has 152 valence electrons.